The summed E-state index contributed by atoms with van der Waals surface area (Å²) in [6, 6.07) is 8.08. The third kappa shape index (κ3) is 2.20. The fourth-order valence-corrected chi connectivity index (χ4v) is 2.12. The fourth-order valence-electron chi connectivity index (χ4n) is 2.12. The van der Waals surface area contributed by atoms with Gasteiger partial charge in [0.15, 0.2) is 0 Å². The highest BCUT2D eigenvalue weighted by molar-refractivity contribution is 5.50. The second kappa shape index (κ2) is 4.44. The van der Waals surface area contributed by atoms with E-state index in [9.17, 15) is 0 Å². The Morgan fingerprint density at radius 1 is 1.31 bits per heavy atom. The van der Waals surface area contributed by atoms with Crippen LogP contribution in [0.2, 0.25) is 0 Å². The van der Waals surface area contributed by atoms with Gasteiger partial charge < -0.3 is 14.7 Å². The van der Waals surface area contributed by atoms with E-state index < -0.39 is 0 Å². The third-order valence-electron chi connectivity index (χ3n) is 3.08. The van der Waals surface area contributed by atoms with Crippen LogP contribution < -0.4 is 4.90 Å². The standard InChI is InChI=1S/C13H19NO2/c1-13(2)10-16-8-7-14(13)12-5-3-11(9-15)4-6-12/h3-6,15H,7-10H2,1-2H3. The summed E-state index contributed by atoms with van der Waals surface area (Å²) in [6.45, 7) is 6.94. The molecule has 1 N–H and O–H groups in total. The van der Waals surface area contributed by atoms with E-state index in [4.69, 9.17) is 9.84 Å². The summed E-state index contributed by atoms with van der Waals surface area (Å²) >= 11 is 0. The smallest absolute Gasteiger partial charge is 0.0694 e. The molecule has 0 aromatic heterocycles. The van der Waals surface area contributed by atoms with Gasteiger partial charge in [-0.15, -0.1) is 0 Å². The van der Waals surface area contributed by atoms with Gasteiger partial charge in [-0.2, -0.15) is 0 Å². The molecule has 0 unspecified atom stereocenters. The molecule has 3 heteroatoms. The Labute approximate surface area is 96.6 Å². The molecule has 3 nitrogen and oxygen atoms in total. The summed E-state index contributed by atoms with van der Waals surface area (Å²) in [5, 5.41) is 9.01. The molecule has 1 saturated heterocycles. The maximum atomic E-state index is 9.01. The normalized spacial score (nSPS) is 19.8. The molecule has 1 aliphatic rings. The minimum absolute atomic E-state index is 0.0407. The topological polar surface area (TPSA) is 32.7 Å². The van der Waals surface area contributed by atoms with Crippen LogP contribution in [0.1, 0.15) is 19.4 Å². The summed E-state index contributed by atoms with van der Waals surface area (Å²) in [7, 11) is 0. The maximum absolute atomic E-state index is 9.01. The lowest BCUT2D eigenvalue weighted by atomic mass is 10.0. The van der Waals surface area contributed by atoms with Gasteiger partial charge in [-0.25, -0.2) is 0 Å². The summed E-state index contributed by atoms with van der Waals surface area (Å²) < 4.78 is 5.50. The quantitative estimate of drug-likeness (QED) is 0.826. The molecular weight excluding hydrogens is 202 g/mol. The van der Waals surface area contributed by atoms with Gasteiger partial charge in [0.2, 0.25) is 0 Å². The van der Waals surface area contributed by atoms with Crippen molar-refractivity contribution in [3.63, 3.8) is 0 Å². The minimum atomic E-state index is 0.0407. The van der Waals surface area contributed by atoms with Gasteiger partial charge >= 0.3 is 0 Å². The highest BCUT2D eigenvalue weighted by atomic mass is 16.5. The van der Waals surface area contributed by atoms with Crippen molar-refractivity contribution in [3.8, 4) is 0 Å². The SMILES string of the molecule is CC1(C)COCCN1c1ccc(CO)cc1. The van der Waals surface area contributed by atoms with Crippen LogP contribution in [-0.2, 0) is 11.3 Å². The second-order valence-corrected chi connectivity index (χ2v) is 4.84. The van der Waals surface area contributed by atoms with Crippen LogP contribution in [-0.4, -0.2) is 30.4 Å². The van der Waals surface area contributed by atoms with Crippen LogP contribution in [0.3, 0.4) is 0 Å². The predicted octanol–water partition coefficient (Wildman–Crippen LogP) is 1.79. The molecule has 0 aliphatic carbocycles. The van der Waals surface area contributed by atoms with Crippen LogP contribution in [0.25, 0.3) is 0 Å². The van der Waals surface area contributed by atoms with Crippen molar-refractivity contribution < 1.29 is 9.84 Å². The number of aliphatic hydroxyl groups is 1. The summed E-state index contributed by atoms with van der Waals surface area (Å²) in [5.41, 5.74) is 2.19. The van der Waals surface area contributed by atoms with Crippen LogP contribution in [0, 0.1) is 0 Å². The molecule has 88 valence electrons. The zero-order chi connectivity index (χ0) is 11.6. The van der Waals surface area contributed by atoms with Crippen molar-refractivity contribution in [2.45, 2.75) is 26.0 Å². The Morgan fingerprint density at radius 3 is 2.56 bits per heavy atom. The molecule has 0 spiro atoms. The lowest BCUT2D eigenvalue weighted by molar-refractivity contribution is 0.0644. The number of hydrogen-bond donors (Lipinski definition) is 1. The first-order chi connectivity index (χ1) is 7.63. The van der Waals surface area contributed by atoms with Crippen LogP contribution in [0.5, 0.6) is 0 Å². The fraction of sp³-hybridized carbons (Fsp3) is 0.538. The molecule has 1 heterocycles. The van der Waals surface area contributed by atoms with E-state index in [2.05, 4.69) is 30.9 Å². The first-order valence-electron chi connectivity index (χ1n) is 5.69. The molecule has 0 amide bonds. The molecule has 0 saturated carbocycles. The van der Waals surface area contributed by atoms with E-state index in [1.54, 1.807) is 0 Å². The Hall–Kier alpha value is -1.06. The first kappa shape index (κ1) is 11.4. The Balaban J connectivity index is 2.21. The third-order valence-corrected chi connectivity index (χ3v) is 3.08. The predicted molar refractivity (Wildman–Crippen MR) is 64.6 cm³/mol. The number of benzene rings is 1. The number of rotatable bonds is 2. The van der Waals surface area contributed by atoms with Crippen molar-refractivity contribution in [3.05, 3.63) is 29.8 Å². The summed E-state index contributed by atoms with van der Waals surface area (Å²) in [5.74, 6) is 0. The summed E-state index contributed by atoms with van der Waals surface area (Å²) in [4.78, 5) is 2.36. The van der Waals surface area contributed by atoms with E-state index in [0.29, 0.717) is 0 Å². The first-order valence-corrected chi connectivity index (χ1v) is 5.69. The van der Waals surface area contributed by atoms with Gasteiger partial charge in [0, 0.05) is 12.2 Å². The lowest BCUT2D eigenvalue weighted by Crippen LogP contribution is -2.53. The van der Waals surface area contributed by atoms with E-state index >= 15 is 0 Å². The monoisotopic (exact) mass is 221 g/mol. The maximum Gasteiger partial charge on any atom is 0.0694 e. The van der Waals surface area contributed by atoms with Crippen LogP contribution >= 0.6 is 0 Å². The average Bonchev–Trinajstić information content (AvgIpc) is 2.29. The van der Waals surface area contributed by atoms with E-state index in [-0.39, 0.29) is 12.1 Å². The van der Waals surface area contributed by atoms with Gasteiger partial charge in [0.1, 0.15) is 0 Å². The molecule has 16 heavy (non-hydrogen) atoms. The highest BCUT2D eigenvalue weighted by Gasteiger charge is 2.30. The van der Waals surface area contributed by atoms with Gasteiger partial charge in [0.05, 0.1) is 25.4 Å². The van der Waals surface area contributed by atoms with Crippen molar-refractivity contribution in [2.24, 2.45) is 0 Å². The molecule has 1 fully saturated rings. The summed E-state index contributed by atoms with van der Waals surface area (Å²) in [6.07, 6.45) is 0. The zero-order valence-electron chi connectivity index (χ0n) is 9.94. The molecule has 0 radical (unpaired) electrons. The molecule has 1 aromatic rings. The van der Waals surface area contributed by atoms with Gasteiger partial charge in [-0.1, -0.05) is 12.1 Å². The molecule has 1 aromatic carbocycles. The van der Waals surface area contributed by atoms with E-state index in [1.165, 1.54) is 5.69 Å². The van der Waals surface area contributed by atoms with Crippen molar-refractivity contribution in [1.29, 1.82) is 0 Å². The number of morpholine rings is 1. The lowest BCUT2D eigenvalue weighted by Gasteiger charge is -2.43. The largest absolute Gasteiger partial charge is 0.392 e. The number of aliphatic hydroxyl groups excluding tert-OH is 1. The van der Waals surface area contributed by atoms with Crippen LogP contribution in [0.15, 0.2) is 24.3 Å². The molecule has 2 rings (SSSR count). The molecule has 1 aliphatic heterocycles. The number of ether oxygens (including phenoxy) is 1. The van der Waals surface area contributed by atoms with Gasteiger partial charge in [-0.05, 0) is 31.5 Å². The highest BCUT2D eigenvalue weighted by Crippen LogP contribution is 2.26. The van der Waals surface area contributed by atoms with Crippen molar-refractivity contribution in [1.82, 2.24) is 0 Å². The van der Waals surface area contributed by atoms with Crippen molar-refractivity contribution in [2.75, 3.05) is 24.7 Å². The second-order valence-electron chi connectivity index (χ2n) is 4.84. The Bertz CT molecular complexity index is 345. The van der Waals surface area contributed by atoms with E-state index in [1.807, 2.05) is 12.1 Å². The van der Waals surface area contributed by atoms with Gasteiger partial charge in [-0.3, -0.25) is 0 Å². The van der Waals surface area contributed by atoms with Crippen LogP contribution in [0.4, 0.5) is 5.69 Å². The number of anilines is 1. The average molecular weight is 221 g/mol. The Kier molecular flexibility index (Phi) is 3.17. The Morgan fingerprint density at radius 2 is 2.00 bits per heavy atom. The van der Waals surface area contributed by atoms with Crippen molar-refractivity contribution >= 4 is 5.69 Å². The number of hydrogen-bond acceptors (Lipinski definition) is 3. The molecule has 0 bridgehead atoms. The minimum Gasteiger partial charge on any atom is -0.392 e. The van der Waals surface area contributed by atoms with E-state index in [0.717, 1.165) is 25.3 Å². The zero-order valence-corrected chi connectivity index (χ0v) is 9.94. The molecule has 0 atom stereocenters. The van der Waals surface area contributed by atoms with Gasteiger partial charge in [0.25, 0.3) is 0 Å². The number of nitrogens with zero attached hydrogens (tertiary/aromatic N) is 1. The molecular formula is C13H19NO2.